The third-order valence-electron chi connectivity index (χ3n) is 2.54. The molecule has 2 rings (SSSR count). The number of carbonyl (C=O) groups is 2. The Morgan fingerprint density at radius 3 is 2.52 bits per heavy atom. The van der Waals surface area contributed by atoms with Gasteiger partial charge >= 0.3 is 5.97 Å². The third-order valence-corrected chi connectivity index (χ3v) is 6.21. The van der Waals surface area contributed by atoms with Gasteiger partial charge in [-0.2, -0.15) is 0 Å². The molecule has 0 saturated carbocycles. The number of anilines is 1. The van der Waals surface area contributed by atoms with Gasteiger partial charge < -0.3 is 10.4 Å². The summed E-state index contributed by atoms with van der Waals surface area (Å²) in [6.07, 6.45) is 2.70. The minimum atomic E-state index is -1.11. The molecule has 0 aliphatic rings. The Hall–Kier alpha value is -0.500. The highest BCUT2D eigenvalue weighted by atomic mass is 127. The highest BCUT2D eigenvalue weighted by Crippen LogP contribution is 2.24. The molecule has 1 aromatic carbocycles. The molecule has 0 fully saturated rings. The smallest absolute Gasteiger partial charge is 0.337 e. The van der Waals surface area contributed by atoms with E-state index >= 15 is 0 Å². The molecule has 0 spiro atoms. The molecule has 1 aromatic heterocycles. The number of carboxylic acids is 1. The van der Waals surface area contributed by atoms with E-state index in [0.717, 1.165) is 10.7 Å². The van der Waals surface area contributed by atoms with Crippen LogP contribution in [0.25, 0.3) is 0 Å². The molecule has 5 nitrogen and oxygen atoms in total. The number of benzene rings is 1. The molecule has 0 atom stereocenters. The van der Waals surface area contributed by atoms with Gasteiger partial charge in [-0.25, -0.2) is 4.79 Å². The van der Waals surface area contributed by atoms with Crippen LogP contribution in [0.5, 0.6) is 0 Å². The zero-order valence-electron chi connectivity index (χ0n) is 10.2. The van der Waals surface area contributed by atoms with Crippen LogP contribution in [0.3, 0.4) is 0 Å². The van der Waals surface area contributed by atoms with Crippen LogP contribution in [0, 0.1) is 10.7 Å². The fourth-order valence-electron chi connectivity index (χ4n) is 1.59. The van der Waals surface area contributed by atoms with Crippen molar-refractivity contribution in [3.05, 3.63) is 52.4 Å². The number of nitrogens with zero attached hydrogens (tertiary/aromatic N) is 1. The van der Waals surface area contributed by atoms with Gasteiger partial charge in [0.25, 0.3) is 5.91 Å². The maximum atomic E-state index is 12.4. The molecule has 108 valence electrons. The maximum absolute atomic E-state index is 12.4. The van der Waals surface area contributed by atoms with Gasteiger partial charge in [0.1, 0.15) is 0 Å². The van der Waals surface area contributed by atoms with Crippen LogP contribution in [0.15, 0.2) is 30.6 Å². The largest absolute Gasteiger partial charge is 0.478 e. The Labute approximate surface area is 161 Å². The molecule has 1 heterocycles. The van der Waals surface area contributed by atoms with Gasteiger partial charge in [0, 0.05) is 16.9 Å². The fourth-order valence-corrected chi connectivity index (χ4v) is 3.99. The number of carboxylic acid groups (broad SMARTS) is 1. The summed E-state index contributed by atoms with van der Waals surface area (Å²) in [5, 5.41) is 11.7. The van der Waals surface area contributed by atoms with Gasteiger partial charge in [0.2, 0.25) is 0 Å². The summed E-state index contributed by atoms with van der Waals surface area (Å²) in [6.45, 7) is 0. The van der Waals surface area contributed by atoms with E-state index in [-0.39, 0.29) is 17.2 Å². The quantitative estimate of drug-likeness (QED) is 0.404. The Balaban J connectivity index is 2.38. The SMILES string of the molecule is O=C(O)c1ccncc1NC(=O)c1cc(I)cc(I)c1I. The number of hydrogen-bond acceptors (Lipinski definition) is 3. The number of aromatic carboxylic acids is 1. The van der Waals surface area contributed by atoms with Crippen LogP contribution in [-0.4, -0.2) is 22.0 Å². The third kappa shape index (κ3) is 4.03. The zero-order chi connectivity index (χ0) is 15.6. The van der Waals surface area contributed by atoms with Crippen molar-refractivity contribution >= 4 is 85.3 Å². The van der Waals surface area contributed by atoms with E-state index < -0.39 is 5.97 Å². The molecular formula is C13H7I3N2O3. The van der Waals surface area contributed by atoms with E-state index in [1.165, 1.54) is 18.5 Å². The number of nitrogens with one attached hydrogen (secondary N) is 1. The van der Waals surface area contributed by atoms with Gasteiger partial charge in [-0.3, -0.25) is 9.78 Å². The first-order chi connectivity index (χ1) is 9.90. The highest BCUT2D eigenvalue weighted by molar-refractivity contribution is 14.1. The summed E-state index contributed by atoms with van der Waals surface area (Å²) in [7, 11) is 0. The number of carbonyl (C=O) groups excluding carboxylic acids is 1. The van der Waals surface area contributed by atoms with Crippen molar-refractivity contribution in [2.75, 3.05) is 5.32 Å². The number of amides is 1. The van der Waals surface area contributed by atoms with E-state index in [4.69, 9.17) is 5.11 Å². The second-order valence-corrected chi connectivity index (χ2v) is 7.42. The van der Waals surface area contributed by atoms with Crippen molar-refractivity contribution in [3.63, 3.8) is 0 Å². The van der Waals surface area contributed by atoms with Crippen LogP contribution in [-0.2, 0) is 0 Å². The number of rotatable bonds is 3. The molecule has 21 heavy (non-hydrogen) atoms. The lowest BCUT2D eigenvalue weighted by Crippen LogP contribution is -2.17. The predicted octanol–water partition coefficient (Wildman–Crippen LogP) is 3.85. The van der Waals surface area contributed by atoms with Gasteiger partial charge in [0.05, 0.1) is 23.0 Å². The molecule has 2 N–H and O–H groups in total. The number of hydrogen-bond donors (Lipinski definition) is 2. The van der Waals surface area contributed by atoms with E-state index in [1.807, 2.05) is 6.07 Å². The number of aromatic nitrogens is 1. The Kier molecular flexibility index (Phi) is 5.76. The van der Waals surface area contributed by atoms with Crippen molar-refractivity contribution in [1.29, 1.82) is 0 Å². The highest BCUT2D eigenvalue weighted by Gasteiger charge is 2.17. The Bertz CT molecular complexity index is 735. The lowest BCUT2D eigenvalue weighted by Gasteiger charge is -2.10. The average molecular weight is 620 g/mol. The summed E-state index contributed by atoms with van der Waals surface area (Å²) in [5.74, 6) is -1.47. The summed E-state index contributed by atoms with van der Waals surface area (Å²) < 4.78 is 2.73. The molecule has 0 aliphatic carbocycles. The molecule has 0 saturated heterocycles. The van der Waals surface area contributed by atoms with Crippen molar-refractivity contribution in [2.45, 2.75) is 0 Å². The van der Waals surface area contributed by atoms with Gasteiger partial charge in [-0.05, 0) is 86.0 Å². The topological polar surface area (TPSA) is 79.3 Å². The molecule has 0 bridgehead atoms. The number of pyridine rings is 1. The first kappa shape index (κ1) is 16.9. The number of halogens is 3. The van der Waals surface area contributed by atoms with Crippen molar-refractivity contribution < 1.29 is 14.7 Å². The maximum Gasteiger partial charge on any atom is 0.337 e. The summed E-state index contributed by atoms with van der Waals surface area (Å²) in [4.78, 5) is 27.4. The van der Waals surface area contributed by atoms with Gasteiger partial charge in [0.15, 0.2) is 0 Å². The fraction of sp³-hybridized carbons (Fsp3) is 0. The van der Waals surface area contributed by atoms with Crippen LogP contribution in [0.4, 0.5) is 5.69 Å². The van der Waals surface area contributed by atoms with E-state index in [1.54, 1.807) is 6.07 Å². The van der Waals surface area contributed by atoms with Crippen molar-refractivity contribution in [1.82, 2.24) is 4.98 Å². The second kappa shape index (κ2) is 7.17. The minimum Gasteiger partial charge on any atom is -0.478 e. The molecular weight excluding hydrogens is 613 g/mol. The molecule has 2 aromatic rings. The van der Waals surface area contributed by atoms with Crippen LogP contribution in [0.1, 0.15) is 20.7 Å². The summed E-state index contributed by atoms with van der Waals surface area (Å²) in [6, 6.07) is 5.07. The lowest BCUT2D eigenvalue weighted by atomic mass is 10.2. The van der Waals surface area contributed by atoms with E-state index in [0.29, 0.717) is 5.56 Å². The first-order valence-corrected chi connectivity index (χ1v) is 8.77. The summed E-state index contributed by atoms with van der Waals surface area (Å²) in [5.41, 5.74) is 0.695. The van der Waals surface area contributed by atoms with E-state index in [2.05, 4.69) is 78.1 Å². The predicted molar refractivity (Wildman–Crippen MR) is 104 cm³/mol. The second-order valence-electron chi connectivity index (χ2n) is 3.93. The average Bonchev–Trinajstić information content (AvgIpc) is 2.43. The molecule has 0 unspecified atom stereocenters. The van der Waals surface area contributed by atoms with Crippen molar-refractivity contribution in [2.24, 2.45) is 0 Å². The van der Waals surface area contributed by atoms with Crippen LogP contribution >= 0.6 is 67.8 Å². The molecule has 8 heteroatoms. The molecule has 0 aliphatic heterocycles. The van der Waals surface area contributed by atoms with Crippen LogP contribution in [0.2, 0.25) is 0 Å². The standard InChI is InChI=1S/C13H7I3N2O3/c14-6-3-8(11(16)9(15)4-6)12(19)18-10-5-17-2-1-7(10)13(20)21/h1-5H,(H,18,19)(H,20,21). The Morgan fingerprint density at radius 1 is 1.14 bits per heavy atom. The molecule has 0 radical (unpaired) electrons. The van der Waals surface area contributed by atoms with Gasteiger partial charge in [-0.15, -0.1) is 0 Å². The van der Waals surface area contributed by atoms with Crippen molar-refractivity contribution in [3.8, 4) is 0 Å². The van der Waals surface area contributed by atoms with Gasteiger partial charge in [-0.1, -0.05) is 0 Å². The minimum absolute atomic E-state index is 0.00804. The summed E-state index contributed by atoms with van der Waals surface area (Å²) >= 11 is 6.39. The van der Waals surface area contributed by atoms with E-state index in [9.17, 15) is 9.59 Å². The zero-order valence-corrected chi connectivity index (χ0v) is 16.7. The molecule has 1 amide bonds. The van der Waals surface area contributed by atoms with Crippen LogP contribution < -0.4 is 5.32 Å². The lowest BCUT2D eigenvalue weighted by molar-refractivity contribution is 0.0698. The first-order valence-electron chi connectivity index (χ1n) is 5.53. The Morgan fingerprint density at radius 2 is 1.86 bits per heavy atom. The monoisotopic (exact) mass is 620 g/mol. The normalized spacial score (nSPS) is 10.2.